The minimum absolute atomic E-state index is 0.972. The number of nitrogens with zero attached hydrogens (tertiary/aromatic N) is 2. The van der Waals surface area contributed by atoms with Crippen molar-refractivity contribution in [2.75, 3.05) is 0 Å². The molecule has 4 rings (SSSR count). The summed E-state index contributed by atoms with van der Waals surface area (Å²) in [5, 5.41) is 1.08. The lowest BCUT2D eigenvalue weighted by Crippen LogP contribution is -1.83. The van der Waals surface area contributed by atoms with E-state index in [-0.39, 0.29) is 0 Å². The number of pyridine rings is 1. The van der Waals surface area contributed by atoms with E-state index in [1.165, 1.54) is 11.1 Å². The Morgan fingerprint density at radius 3 is 2.63 bits per heavy atom. The van der Waals surface area contributed by atoms with Gasteiger partial charge in [-0.1, -0.05) is 36.4 Å². The van der Waals surface area contributed by atoms with E-state index < -0.39 is 0 Å². The second-order valence-electron chi connectivity index (χ2n) is 4.52. The van der Waals surface area contributed by atoms with Crippen LogP contribution in [-0.2, 0) is 0 Å². The first-order chi connectivity index (χ1) is 9.42. The molecule has 0 saturated carbocycles. The van der Waals surface area contributed by atoms with Crippen molar-refractivity contribution >= 4 is 21.9 Å². The number of fused-ring (bicyclic) bond motifs is 3. The van der Waals surface area contributed by atoms with Crippen molar-refractivity contribution in [3.05, 3.63) is 61.1 Å². The maximum Gasteiger partial charge on any atom is 0.0992 e. The minimum atomic E-state index is 0.972. The van der Waals surface area contributed by atoms with Gasteiger partial charge in [0.2, 0.25) is 0 Å². The zero-order valence-electron chi connectivity index (χ0n) is 10.2. The fourth-order valence-electron chi connectivity index (χ4n) is 2.40. The van der Waals surface area contributed by atoms with Crippen LogP contribution in [0.15, 0.2) is 61.1 Å². The van der Waals surface area contributed by atoms with Crippen molar-refractivity contribution in [2.45, 2.75) is 0 Å². The number of nitrogens with one attached hydrogen (secondary N) is 1. The van der Waals surface area contributed by atoms with Gasteiger partial charge in [0.05, 0.1) is 29.1 Å². The van der Waals surface area contributed by atoms with Crippen LogP contribution >= 0.6 is 0 Å². The third kappa shape index (κ3) is 1.59. The van der Waals surface area contributed by atoms with Crippen LogP contribution in [0.25, 0.3) is 33.1 Å². The highest BCUT2D eigenvalue weighted by molar-refractivity contribution is 6.02. The summed E-state index contributed by atoms with van der Waals surface area (Å²) < 4.78 is 0. The van der Waals surface area contributed by atoms with Crippen molar-refractivity contribution < 1.29 is 0 Å². The fourth-order valence-corrected chi connectivity index (χ4v) is 2.40. The smallest absolute Gasteiger partial charge is 0.0992 e. The van der Waals surface area contributed by atoms with Crippen molar-refractivity contribution in [1.82, 2.24) is 15.0 Å². The number of benzene rings is 2. The van der Waals surface area contributed by atoms with Crippen LogP contribution in [0.5, 0.6) is 0 Å². The molecule has 0 amide bonds. The maximum atomic E-state index is 4.50. The van der Waals surface area contributed by atoms with Gasteiger partial charge in [0.1, 0.15) is 0 Å². The molecule has 4 aromatic rings. The molecule has 0 fully saturated rings. The van der Waals surface area contributed by atoms with E-state index in [0.717, 1.165) is 21.9 Å². The van der Waals surface area contributed by atoms with Gasteiger partial charge in [-0.2, -0.15) is 0 Å². The van der Waals surface area contributed by atoms with Crippen molar-refractivity contribution in [1.29, 1.82) is 0 Å². The quantitative estimate of drug-likeness (QED) is 0.554. The Bertz CT molecular complexity index is 863. The topological polar surface area (TPSA) is 41.6 Å². The predicted octanol–water partition coefficient (Wildman–Crippen LogP) is 3.78. The average molecular weight is 245 g/mol. The van der Waals surface area contributed by atoms with Crippen LogP contribution in [0.1, 0.15) is 0 Å². The van der Waals surface area contributed by atoms with E-state index in [4.69, 9.17) is 0 Å². The summed E-state index contributed by atoms with van der Waals surface area (Å²) >= 11 is 0. The van der Waals surface area contributed by atoms with Crippen LogP contribution in [0.2, 0.25) is 0 Å². The van der Waals surface area contributed by atoms with Gasteiger partial charge in [-0.15, -0.1) is 0 Å². The number of aromatic nitrogens is 3. The monoisotopic (exact) mass is 245 g/mol. The Hall–Kier alpha value is -2.68. The predicted molar refractivity (Wildman–Crippen MR) is 76.8 cm³/mol. The third-order valence-corrected chi connectivity index (χ3v) is 3.36. The zero-order valence-corrected chi connectivity index (χ0v) is 10.2. The summed E-state index contributed by atoms with van der Waals surface area (Å²) in [5.74, 6) is 0. The number of H-pyrrole nitrogens is 1. The minimum Gasteiger partial charge on any atom is -0.343 e. The first-order valence-electron chi connectivity index (χ1n) is 6.19. The molecule has 3 heteroatoms. The van der Waals surface area contributed by atoms with Gasteiger partial charge in [0.25, 0.3) is 0 Å². The number of rotatable bonds is 1. The number of hydrogen-bond donors (Lipinski definition) is 1. The molecule has 0 bridgehead atoms. The molecule has 3 nitrogen and oxygen atoms in total. The average Bonchev–Trinajstić information content (AvgIpc) is 2.96. The van der Waals surface area contributed by atoms with Gasteiger partial charge >= 0.3 is 0 Å². The highest BCUT2D eigenvalue weighted by atomic mass is 14.9. The van der Waals surface area contributed by atoms with Gasteiger partial charge in [-0.3, -0.25) is 4.98 Å². The molecule has 2 aromatic carbocycles. The molecular formula is C16H11N3. The third-order valence-electron chi connectivity index (χ3n) is 3.36. The molecule has 0 aliphatic rings. The molecule has 0 radical (unpaired) electrons. The van der Waals surface area contributed by atoms with E-state index in [0.29, 0.717) is 0 Å². The molecule has 0 spiro atoms. The van der Waals surface area contributed by atoms with Crippen LogP contribution in [-0.4, -0.2) is 15.0 Å². The first kappa shape index (κ1) is 10.3. The first-order valence-corrected chi connectivity index (χ1v) is 6.19. The largest absolute Gasteiger partial charge is 0.343 e. The van der Waals surface area contributed by atoms with Crippen molar-refractivity contribution in [3.8, 4) is 11.1 Å². The van der Waals surface area contributed by atoms with E-state index in [1.807, 2.05) is 24.4 Å². The van der Waals surface area contributed by atoms with Crippen molar-refractivity contribution in [2.24, 2.45) is 0 Å². The number of imidazole rings is 1. The van der Waals surface area contributed by atoms with Gasteiger partial charge in [0.15, 0.2) is 0 Å². The van der Waals surface area contributed by atoms with Crippen molar-refractivity contribution in [3.63, 3.8) is 0 Å². The highest BCUT2D eigenvalue weighted by Crippen LogP contribution is 2.26. The highest BCUT2D eigenvalue weighted by Gasteiger charge is 2.05. The number of aromatic amines is 1. The van der Waals surface area contributed by atoms with Gasteiger partial charge in [-0.05, 0) is 23.3 Å². The molecule has 1 N–H and O–H groups in total. The summed E-state index contributed by atoms with van der Waals surface area (Å²) in [6, 6.07) is 16.6. The second-order valence-corrected chi connectivity index (χ2v) is 4.52. The Balaban J connectivity index is 1.99. The van der Waals surface area contributed by atoms with Crippen LogP contribution in [0, 0.1) is 0 Å². The summed E-state index contributed by atoms with van der Waals surface area (Å²) in [6.07, 6.45) is 3.54. The maximum absolute atomic E-state index is 4.50. The van der Waals surface area contributed by atoms with Gasteiger partial charge in [0, 0.05) is 5.39 Å². The SMILES string of the molecule is c1ccc(-c2ccc3c(c2)ncc2[nH]cnc23)cc1. The fraction of sp³-hybridized carbons (Fsp3) is 0. The lowest BCUT2D eigenvalue weighted by Gasteiger charge is -2.03. The summed E-state index contributed by atoms with van der Waals surface area (Å²) in [6.45, 7) is 0. The summed E-state index contributed by atoms with van der Waals surface area (Å²) in [7, 11) is 0. The van der Waals surface area contributed by atoms with E-state index in [1.54, 1.807) is 6.33 Å². The summed E-state index contributed by atoms with van der Waals surface area (Å²) in [5.41, 5.74) is 5.30. The normalized spacial score (nSPS) is 11.2. The molecule has 2 aromatic heterocycles. The van der Waals surface area contributed by atoms with Gasteiger partial charge < -0.3 is 4.98 Å². The van der Waals surface area contributed by atoms with Crippen LogP contribution in [0.3, 0.4) is 0 Å². The molecular weight excluding hydrogens is 234 g/mol. The van der Waals surface area contributed by atoms with Crippen LogP contribution < -0.4 is 0 Å². The Morgan fingerprint density at radius 1 is 0.842 bits per heavy atom. The van der Waals surface area contributed by atoms with E-state index in [9.17, 15) is 0 Å². The van der Waals surface area contributed by atoms with Crippen LogP contribution in [0.4, 0.5) is 0 Å². The Labute approximate surface area is 110 Å². The lowest BCUT2D eigenvalue weighted by atomic mass is 10.0. The Kier molecular flexibility index (Phi) is 2.12. The molecule has 2 heterocycles. The molecule has 90 valence electrons. The lowest BCUT2D eigenvalue weighted by molar-refractivity contribution is 1.34. The molecule has 0 unspecified atom stereocenters. The number of hydrogen-bond acceptors (Lipinski definition) is 2. The van der Waals surface area contributed by atoms with E-state index in [2.05, 4.69) is 45.3 Å². The summed E-state index contributed by atoms with van der Waals surface area (Å²) in [4.78, 5) is 11.9. The zero-order chi connectivity index (χ0) is 12.7. The molecule has 0 saturated heterocycles. The second kappa shape index (κ2) is 3.92. The molecule has 19 heavy (non-hydrogen) atoms. The molecule has 0 aliphatic heterocycles. The molecule has 0 atom stereocenters. The molecule has 0 aliphatic carbocycles. The Morgan fingerprint density at radius 2 is 1.74 bits per heavy atom. The standard InChI is InChI=1S/C16H11N3/c1-2-4-11(5-3-1)12-6-7-13-14(8-12)17-9-15-16(13)19-10-18-15/h1-10H,(H,18,19). The van der Waals surface area contributed by atoms with E-state index >= 15 is 0 Å². The van der Waals surface area contributed by atoms with Gasteiger partial charge in [-0.25, -0.2) is 4.98 Å².